The van der Waals surface area contributed by atoms with Crippen molar-refractivity contribution < 1.29 is 0 Å². The van der Waals surface area contributed by atoms with Gasteiger partial charge in [-0.1, -0.05) is 63.2 Å². The second-order valence-corrected chi connectivity index (χ2v) is 6.86. The molecule has 3 nitrogen and oxygen atoms in total. The SMILES string of the molecule is CC(C)(C)c1cccc(N2CCC(N=Cc3ccccc3)=N2)c1. The van der Waals surface area contributed by atoms with Crippen LogP contribution in [0.1, 0.15) is 38.3 Å². The monoisotopic (exact) mass is 305 g/mol. The molecule has 0 radical (unpaired) electrons. The molecule has 1 aliphatic rings. The van der Waals surface area contributed by atoms with E-state index in [-0.39, 0.29) is 5.41 Å². The standard InChI is InChI=1S/C20H23N3/c1-20(2,3)17-10-7-11-18(14-17)23-13-12-19(22-23)21-15-16-8-5-4-6-9-16/h4-11,14-15H,12-13H2,1-3H3. The molecule has 0 saturated carbocycles. The molecule has 0 amide bonds. The van der Waals surface area contributed by atoms with Crippen LogP contribution in [0.5, 0.6) is 0 Å². The topological polar surface area (TPSA) is 28.0 Å². The zero-order valence-corrected chi connectivity index (χ0v) is 14.0. The third-order valence-corrected chi connectivity index (χ3v) is 3.96. The summed E-state index contributed by atoms with van der Waals surface area (Å²) in [4.78, 5) is 4.52. The van der Waals surface area contributed by atoms with E-state index in [4.69, 9.17) is 0 Å². The fourth-order valence-corrected chi connectivity index (χ4v) is 2.54. The summed E-state index contributed by atoms with van der Waals surface area (Å²) < 4.78 is 0. The zero-order valence-electron chi connectivity index (χ0n) is 14.0. The average molecular weight is 305 g/mol. The van der Waals surface area contributed by atoms with Crippen LogP contribution in [0.4, 0.5) is 5.69 Å². The van der Waals surface area contributed by atoms with Crippen molar-refractivity contribution in [1.82, 2.24) is 0 Å². The van der Waals surface area contributed by atoms with Crippen molar-refractivity contribution in [1.29, 1.82) is 0 Å². The van der Waals surface area contributed by atoms with Crippen LogP contribution in [0.15, 0.2) is 64.7 Å². The highest BCUT2D eigenvalue weighted by Gasteiger charge is 2.18. The van der Waals surface area contributed by atoms with Gasteiger partial charge >= 0.3 is 0 Å². The molecule has 0 spiro atoms. The number of amidine groups is 1. The van der Waals surface area contributed by atoms with Crippen LogP contribution in [0.25, 0.3) is 0 Å². The summed E-state index contributed by atoms with van der Waals surface area (Å²) in [6.45, 7) is 7.58. The second kappa shape index (κ2) is 6.37. The molecule has 23 heavy (non-hydrogen) atoms. The first-order chi connectivity index (χ1) is 11.0. The van der Waals surface area contributed by atoms with Gasteiger partial charge in [0.15, 0.2) is 5.84 Å². The van der Waals surface area contributed by atoms with E-state index in [1.807, 2.05) is 41.6 Å². The van der Waals surface area contributed by atoms with Gasteiger partial charge in [0, 0.05) is 19.2 Å². The van der Waals surface area contributed by atoms with Crippen molar-refractivity contribution in [3.05, 3.63) is 65.7 Å². The van der Waals surface area contributed by atoms with Crippen LogP contribution in [-0.2, 0) is 5.41 Å². The zero-order chi connectivity index (χ0) is 16.3. The van der Waals surface area contributed by atoms with Crippen molar-refractivity contribution in [2.24, 2.45) is 10.1 Å². The molecule has 2 aromatic carbocycles. The molecule has 0 aromatic heterocycles. The van der Waals surface area contributed by atoms with Crippen LogP contribution in [0.3, 0.4) is 0 Å². The van der Waals surface area contributed by atoms with Crippen LogP contribution in [-0.4, -0.2) is 18.6 Å². The van der Waals surface area contributed by atoms with Crippen LogP contribution >= 0.6 is 0 Å². The molecular formula is C20H23N3. The predicted octanol–water partition coefficient (Wildman–Crippen LogP) is 4.63. The highest BCUT2D eigenvalue weighted by molar-refractivity contribution is 5.96. The lowest BCUT2D eigenvalue weighted by Gasteiger charge is -2.21. The minimum Gasteiger partial charge on any atom is -0.263 e. The molecule has 0 saturated heterocycles. The number of hydrogen-bond acceptors (Lipinski definition) is 3. The maximum absolute atomic E-state index is 4.65. The molecule has 1 aliphatic heterocycles. The van der Waals surface area contributed by atoms with Gasteiger partial charge in [-0.3, -0.25) is 5.01 Å². The van der Waals surface area contributed by atoms with Gasteiger partial charge < -0.3 is 0 Å². The molecule has 1 heterocycles. The molecule has 0 atom stereocenters. The van der Waals surface area contributed by atoms with Crippen molar-refractivity contribution in [3.63, 3.8) is 0 Å². The number of hydrogen-bond donors (Lipinski definition) is 0. The molecular weight excluding hydrogens is 282 g/mol. The van der Waals surface area contributed by atoms with Gasteiger partial charge in [-0.25, -0.2) is 4.99 Å². The largest absolute Gasteiger partial charge is 0.263 e. The quantitative estimate of drug-likeness (QED) is 0.744. The Balaban J connectivity index is 1.76. The van der Waals surface area contributed by atoms with Crippen molar-refractivity contribution >= 4 is 17.7 Å². The summed E-state index contributed by atoms with van der Waals surface area (Å²) in [5.74, 6) is 0.884. The van der Waals surface area contributed by atoms with E-state index in [0.717, 1.165) is 30.1 Å². The Kier molecular flexibility index (Phi) is 4.28. The van der Waals surface area contributed by atoms with Crippen molar-refractivity contribution in [3.8, 4) is 0 Å². The van der Waals surface area contributed by atoms with Gasteiger partial charge in [0.05, 0.1) is 5.69 Å². The molecule has 0 unspecified atom stereocenters. The molecule has 2 aromatic rings. The predicted molar refractivity (Wildman–Crippen MR) is 98.6 cm³/mol. The Morgan fingerprint density at radius 1 is 1.04 bits per heavy atom. The van der Waals surface area contributed by atoms with Crippen molar-refractivity contribution in [2.75, 3.05) is 11.6 Å². The lowest BCUT2D eigenvalue weighted by molar-refractivity contribution is 0.590. The molecule has 118 valence electrons. The summed E-state index contributed by atoms with van der Waals surface area (Å²) in [7, 11) is 0. The number of benzene rings is 2. The van der Waals surface area contributed by atoms with E-state index >= 15 is 0 Å². The molecule has 3 heteroatoms. The first kappa shape index (κ1) is 15.5. The van der Waals surface area contributed by atoms with E-state index in [1.54, 1.807) is 0 Å². The highest BCUT2D eigenvalue weighted by atomic mass is 15.5. The summed E-state index contributed by atoms with van der Waals surface area (Å²) in [6.07, 6.45) is 2.76. The fourth-order valence-electron chi connectivity index (χ4n) is 2.54. The maximum atomic E-state index is 4.65. The molecule has 0 aliphatic carbocycles. The minimum absolute atomic E-state index is 0.147. The summed E-state index contributed by atoms with van der Waals surface area (Å²) >= 11 is 0. The van der Waals surface area contributed by atoms with Gasteiger partial charge in [0.1, 0.15) is 0 Å². The van der Waals surface area contributed by atoms with Gasteiger partial charge in [0.25, 0.3) is 0 Å². The summed E-state index contributed by atoms with van der Waals surface area (Å²) in [5, 5.41) is 6.70. The third kappa shape index (κ3) is 3.86. The van der Waals surface area contributed by atoms with E-state index in [2.05, 4.69) is 55.1 Å². The van der Waals surface area contributed by atoms with Gasteiger partial charge in [-0.05, 0) is 28.7 Å². The third-order valence-electron chi connectivity index (χ3n) is 3.96. The first-order valence-electron chi connectivity index (χ1n) is 8.07. The molecule has 3 rings (SSSR count). The smallest absolute Gasteiger partial charge is 0.150 e. The van der Waals surface area contributed by atoms with E-state index in [9.17, 15) is 0 Å². The normalized spacial score (nSPS) is 15.3. The van der Waals surface area contributed by atoms with Gasteiger partial charge in [-0.15, -0.1) is 0 Å². The number of anilines is 1. The Morgan fingerprint density at radius 2 is 1.83 bits per heavy atom. The van der Waals surface area contributed by atoms with Crippen LogP contribution < -0.4 is 5.01 Å². The van der Waals surface area contributed by atoms with Crippen LogP contribution in [0, 0.1) is 0 Å². The minimum atomic E-state index is 0.147. The van der Waals surface area contributed by atoms with Crippen LogP contribution in [0.2, 0.25) is 0 Å². The van der Waals surface area contributed by atoms with Gasteiger partial charge in [-0.2, -0.15) is 5.10 Å². The molecule has 0 bridgehead atoms. The number of aliphatic imine (C=N–C) groups is 1. The van der Waals surface area contributed by atoms with Gasteiger partial charge in [0.2, 0.25) is 0 Å². The summed E-state index contributed by atoms with van der Waals surface area (Å²) in [5.41, 5.74) is 3.71. The number of hydrazone groups is 1. The van der Waals surface area contributed by atoms with E-state index < -0.39 is 0 Å². The first-order valence-corrected chi connectivity index (χ1v) is 8.07. The Labute approximate surface area is 138 Å². The lowest BCUT2D eigenvalue weighted by Crippen LogP contribution is -2.15. The van der Waals surface area contributed by atoms with E-state index in [0.29, 0.717) is 0 Å². The Bertz CT molecular complexity index is 724. The average Bonchev–Trinajstić information content (AvgIpc) is 3.02. The highest BCUT2D eigenvalue weighted by Crippen LogP contribution is 2.27. The molecule has 0 fully saturated rings. The Morgan fingerprint density at radius 3 is 2.57 bits per heavy atom. The van der Waals surface area contributed by atoms with Crippen molar-refractivity contribution in [2.45, 2.75) is 32.6 Å². The second-order valence-electron chi connectivity index (χ2n) is 6.86. The Hall–Kier alpha value is -2.42. The molecule has 0 N–H and O–H groups in total. The number of nitrogens with zero attached hydrogens (tertiary/aromatic N) is 3. The summed E-state index contributed by atoms with van der Waals surface area (Å²) in [6, 6.07) is 18.8. The maximum Gasteiger partial charge on any atom is 0.150 e. The lowest BCUT2D eigenvalue weighted by atomic mass is 9.87. The fraction of sp³-hybridized carbons (Fsp3) is 0.300. The number of rotatable bonds is 2. The van der Waals surface area contributed by atoms with E-state index in [1.165, 1.54) is 5.56 Å².